The summed E-state index contributed by atoms with van der Waals surface area (Å²) in [6, 6.07) is 9.69. The minimum absolute atomic E-state index is 0.0525. The molecule has 0 aliphatic heterocycles. The van der Waals surface area contributed by atoms with Gasteiger partial charge >= 0.3 is 0 Å². The molecule has 0 spiro atoms. The van der Waals surface area contributed by atoms with Crippen molar-refractivity contribution in [2.24, 2.45) is 0 Å². The number of thiazole rings is 1. The molecule has 6 nitrogen and oxygen atoms in total. The van der Waals surface area contributed by atoms with E-state index in [4.69, 9.17) is 0 Å². The Balaban J connectivity index is 1.79. The van der Waals surface area contributed by atoms with Gasteiger partial charge in [-0.1, -0.05) is 6.07 Å². The van der Waals surface area contributed by atoms with Crippen molar-refractivity contribution in [3.8, 4) is 11.3 Å². The fourth-order valence-corrected chi connectivity index (χ4v) is 3.30. The molecule has 0 bridgehead atoms. The lowest BCUT2D eigenvalue weighted by atomic mass is 9.99. The first-order chi connectivity index (χ1) is 12.3. The number of non-ortho nitro benzene ring substituents is 1. The third-order valence-electron chi connectivity index (χ3n) is 4.18. The summed E-state index contributed by atoms with van der Waals surface area (Å²) in [6.45, 7) is 6.17. The molecule has 26 heavy (non-hydrogen) atoms. The number of carbonyl (C=O) groups is 1. The predicted octanol–water partition coefficient (Wildman–Crippen LogP) is 4.90. The van der Waals surface area contributed by atoms with Gasteiger partial charge in [-0.2, -0.15) is 0 Å². The maximum Gasteiger partial charge on any atom is 0.269 e. The van der Waals surface area contributed by atoms with Crippen LogP contribution in [0.4, 0.5) is 10.8 Å². The number of aryl methyl sites for hydroxylation is 3. The van der Waals surface area contributed by atoms with Gasteiger partial charge in [0, 0.05) is 28.6 Å². The van der Waals surface area contributed by atoms with Crippen LogP contribution in [0.3, 0.4) is 0 Å². The molecule has 0 unspecified atom stereocenters. The van der Waals surface area contributed by atoms with Gasteiger partial charge in [-0.05, 0) is 55.7 Å². The molecule has 0 saturated heterocycles. The number of hydrogen-bond acceptors (Lipinski definition) is 5. The van der Waals surface area contributed by atoms with Crippen LogP contribution >= 0.6 is 11.3 Å². The Morgan fingerprint density at radius 3 is 2.38 bits per heavy atom. The van der Waals surface area contributed by atoms with Crippen LogP contribution in [0.15, 0.2) is 41.8 Å². The molecule has 0 aliphatic carbocycles. The summed E-state index contributed by atoms with van der Waals surface area (Å²) in [5.74, 6) is -0.349. The van der Waals surface area contributed by atoms with Gasteiger partial charge in [0.2, 0.25) is 0 Å². The quantitative estimate of drug-likeness (QED) is 0.525. The minimum Gasteiger partial charge on any atom is -0.298 e. The number of nitro benzene ring substituents is 1. The molecule has 0 saturated carbocycles. The number of benzene rings is 2. The lowest BCUT2D eigenvalue weighted by Crippen LogP contribution is -2.11. The number of nitrogens with zero attached hydrogens (tertiary/aromatic N) is 2. The average molecular weight is 367 g/mol. The number of amides is 1. The van der Waals surface area contributed by atoms with Crippen LogP contribution in [0.2, 0.25) is 0 Å². The highest BCUT2D eigenvalue weighted by Crippen LogP contribution is 2.29. The molecule has 1 heterocycles. The van der Waals surface area contributed by atoms with E-state index in [0.29, 0.717) is 10.7 Å². The average Bonchev–Trinajstić information content (AvgIpc) is 3.06. The van der Waals surface area contributed by atoms with Gasteiger partial charge < -0.3 is 0 Å². The van der Waals surface area contributed by atoms with Crippen LogP contribution in [0.5, 0.6) is 0 Å². The Morgan fingerprint density at radius 1 is 1.08 bits per heavy atom. The Morgan fingerprint density at radius 2 is 1.73 bits per heavy atom. The zero-order valence-electron chi connectivity index (χ0n) is 14.6. The molecular formula is C19H17N3O3S. The topological polar surface area (TPSA) is 85.1 Å². The van der Waals surface area contributed by atoms with Gasteiger partial charge in [0.1, 0.15) is 0 Å². The first-order valence-corrected chi connectivity index (χ1v) is 8.82. The maximum atomic E-state index is 12.3. The second-order valence-electron chi connectivity index (χ2n) is 6.05. The molecule has 3 rings (SSSR count). The van der Waals surface area contributed by atoms with Crippen molar-refractivity contribution in [2.75, 3.05) is 5.32 Å². The fourth-order valence-electron chi connectivity index (χ4n) is 2.60. The maximum absolute atomic E-state index is 12.3. The van der Waals surface area contributed by atoms with E-state index in [1.54, 1.807) is 0 Å². The van der Waals surface area contributed by atoms with E-state index < -0.39 is 4.92 Å². The largest absolute Gasteiger partial charge is 0.298 e. The molecule has 2 aromatic carbocycles. The third-order valence-corrected chi connectivity index (χ3v) is 4.94. The summed E-state index contributed by atoms with van der Waals surface area (Å²) in [5.41, 5.74) is 5.70. The zero-order chi connectivity index (χ0) is 18.8. The molecule has 1 N–H and O–H groups in total. The van der Waals surface area contributed by atoms with Crippen LogP contribution in [-0.4, -0.2) is 15.8 Å². The SMILES string of the molecule is Cc1cc(C)c(-c2csc(NC(=O)c3ccc([N+](=O)[O-])cc3)n2)cc1C. The number of aromatic nitrogens is 1. The standard InChI is InChI=1S/C19H17N3O3S/c1-11-8-13(3)16(9-12(11)2)17-10-26-19(20-17)21-18(23)14-4-6-15(7-5-14)22(24)25/h4-10H,1-3H3,(H,20,21,23). The molecule has 1 amide bonds. The molecular weight excluding hydrogens is 350 g/mol. The van der Waals surface area contributed by atoms with Gasteiger partial charge in [0.25, 0.3) is 11.6 Å². The smallest absolute Gasteiger partial charge is 0.269 e. The van der Waals surface area contributed by atoms with Crippen molar-refractivity contribution < 1.29 is 9.72 Å². The van der Waals surface area contributed by atoms with Crippen molar-refractivity contribution in [3.05, 3.63) is 74.1 Å². The number of nitro groups is 1. The molecule has 0 aliphatic rings. The Kier molecular flexibility index (Phi) is 4.81. The van der Waals surface area contributed by atoms with Gasteiger partial charge in [-0.3, -0.25) is 20.2 Å². The summed E-state index contributed by atoms with van der Waals surface area (Å²) in [7, 11) is 0. The second-order valence-corrected chi connectivity index (χ2v) is 6.91. The minimum atomic E-state index is -0.499. The van der Waals surface area contributed by atoms with E-state index in [2.05, 4.69) is 36.3 Å². The summed E-state index contributed by atoms with van der Waals surface area (Å²) >= 11 is 1.34. The van der Waals surface area contributed by atoms with Gasteiger partial charge in [0.05, 0.1) is 10.6 Å². The summed E-state index contributed by atoms with van der Waals surface area (Å²) < 4.78 is 0. The number of hydrogen-bond donors (Lipinski definition) is 1. The molecule has 0 fully saturated rings. The van der Waals surface area contributed by atoms with Crippen molar-refractivity contribution in [1.29, 1.82) is 0 Å². The van der Waals surface area contributed by atoms with E-state index in [-0.39, 0.29) is 11.6 Å². The number of rotatable bonds is 4. The second kappa shape index (κ2) is 7.05. The number of nitrogens with one attached hydrogen (secondary N) is 1. The third kappa shape index (κ3) is 3.62. The predicted molar refractivity (Wildman–Crippen MR) is 103 cm³/mol. The van der Waals surface area contributed by atoms with Crippen LogP contribution in [0.25, 0.3) is 11.3 Å². The highest BCUT2D eigenvalue weighted by Gasteiger charge is 2.13. The van der Waals surface area contributed by atoms with Gasteiger partial charge in [0.15, 0.2) is 5.13 Å². The highest BCUT2D eigenvalue weighted by atomic mass is 32.1. The molecule has 1 aromatic heterocycles. The van der Waals surface area contributed by atoms with Crippen molar-refractivity contribution >= 4 is 28.1 Å². The highest BCUT2D eigenvalue weighted by molar-refractivity contribution is 7.14. The summed E-state index contributed by atoms with van der Waals surface area (Å²) in [5, 5.41) is 15.8. The first kappa shape index (κ1) is 17.8. The van der Waals surface area contributed by atoms with Crippen LogP contribution < -0.4 is 5.32 Å². The first-order valence-electron chi connectivity index (χ1n) is 7.94. The Labute approximate surface area is 154 Å². The van der Waals surface area contributed by atoms with E-state index in [9.17, 15) is 14.9 Å². The van der Waals surface area contributed by atoms with Gasteiger partial charge in [-0.15, -0.1) is 11.3 Å². The van der Waals surface area contributed by atoms with Crippen molar-refractivity contribution in [1.82, 2.24) is 4.98 Å². The number of anilines is 1. The monoisotopic (exact) mass is 367 g/mol. The summed E-state index contributed by atoms with van der Waals surface area (Å²) in [6.07, 6.45) is 0. The van der Waals surface area contributed by atoms with Crippen molar-refractivity contribution in [2.45, 2.75) is 20.8 Å². The normalized spacial score (nSPS) is 10.6. The fraction of sp³-hybridized carbons (Fsp3) is 0.158. The van der Waals surface area contributed by atoms with E-state index in [1.807, 2.05) is 12.3 Å². The van der Waals surface area contributed by atoms with Crippen LogP contribution in [0.1, 0.15) is 27.0 Å². The van der Waals surface area contributed by atoms with E-state index in [1.165, 1.54) is 46.7 Å². The van der Waals surface area contributed by atoms with E-state index in [0.717, 1.165) is 16.8 Å². The van der Waals surface area contributed by atoms with E-state index >= 15 is 0 Å². The molecule has 132 valence electrons. The van der Waals surface area contributed by atoms with Gasteiger partial charge in [-0.25, -0.2) is 4.98 Å². The van der Waals surface area contributed by atoms with Crippen LogP contribution in [0, 0.1) is 30.9 Å². The summed E-state index contributed by atoms with van der Waals surface area (Å²) in [4.78, 5) is 27.0. The lowest BCUT2D eigenvalue weighted by Gasteiger charge is -2.07. The lowest BCUT2D eigenvalue weighted by molar-refractivity contribution is -0.384. The number of carbonyl (C=O) groups excluding carboxylic acids is 1. The molecule has 3 aromatic rings. The Hall–Kier alpha value is -3.06. The zero-order valence-corrected chi connectivity index (χ0v) is 15.4. The molecule has 0 atom stereocenters. The molecule has 7 heteroatoms. The molecule has 0 radical (unpaired) electrons. The van der Waals surface area contributed by atoms with Crippen molar-refractivity contribution in [3.63, 3.8) is 0 Å². The Bertz CT molecular complexity index is 994. The van der Waals surface area contributed by atoms with Crippen LogP contribution in [-0.2, 0) is 0 Å².